The molecule has 5 heterocycles. The number of aromatic hydroxyl groups is 1. The number of aromatic nitrogens is 2. The molecule has 0 spiro atoms. The Bertz CT molecular complexity index is 2210. The van der Waals surface area contributed by atoms with Crippen LogP contribution in [0.3, 0.4) is 0 Å². The first-order valence-corrected chi connectivity index (χ1v) is 21.2. The molecule has 1 N–H and O–H groups in total. The molecule has 3 aliphatic heterocycles. The van der Waals surface area contributed by atoms with Gasteiger partial charge in [0.15, 0.2) is 0 Å². The van der Waals surface area contributed by atoms with Crippen molar-refractivity contribution in [1.29, 1.82) is 0 Å². The number of phenols is 1. The van der Waals surface area contributed by atoms with E-state index in [0.717, 1.165) is 54.1 Å². The summed E-state index contributed by atoms with van der Waals surface area (Å²) in [6.45, 7) is 7.88. The first-order chi connectivity index (χ1) is 27.0. The number of hydrogen-bond donors (Lipinski definition) is 1. The molecule has 16 heteroatoms. The van der Waals surface area contributed by atoms with E-state index in [2.05, 4.69) is 16.8 Å². The zero-order valence-corrected chi connectivity index (χ0v) is 33.5. The molecular formula is C40H45N5O9S2. The SMILES string of the molecule is CCc1c2c(nc3ccc(O)cc13)-c1cc3c(c(=O)n1C2)COC(=O)[C@@]3(CC)OC(=O)OCCSSCCOC(=O)N(C)c1ccc(N2CCN(C)CC2)cc1. The van der Waals surface area contributed by atoms with Crippen molar-refractivity contribution >= 4 is 62.1 Å². The van der Waals surface area contributed by atoms with Gasteiger partial charge in [0, 0.05) is 72.6 Å². The highest BCUT2D eigenvalue weighted by atomic mass is 33.1. The van der Waals surface area contributed by atoms with E-state index in [9.17, 15) is 24.3 Å². The lowest BCUT2D eigenvalue weighted by Gasteiger charge is -2.35. The average Bonchev–Trinajstić information content (AvgIpc) is 3.57. The molecule has 1 saturated heterocycles. The Morgan fingerprint density at radius 3 is 2.38 bits per heavy atom. The highest BCUT2D eigenvalue weighted by molar-refractivity contribution is 8.76. The second-order valence-corrected chi connectivity index (χ2v) is 16.6. The number of aryl methyl sites for hydroxylation is 1. The van der Waals surface area contributed by atoms with Gasteiger partial charge in [-0.25, -0.2) is 19.4 Å². The van der Waals surface area contributed by atoms with Crippen LogP contribution < -0.4 is 15.4 Å². The number of carbonyl (C=O) groups excluding carboxylic acids is 3. The minimum atomic E-state index is -1.88. The maximum absolute atomic E-state index is 13.9. The molecule has 7 rings (SSSR count). The van der Waals surface area contributed by atoms with Crippen molar-refractivity contribution < 1.29 is 38.4 Å². The van der Waals surface area contributed by atoms with Crippen LogP contribution in [-0.2, 0) is 48.9 Å². The van der Waals surface area contributed by atoms with Crippen LogP contribution in [0.15, 0.2) is 53.3 Å². The number of pyridine rings is 2. The summed E-state index contributed by atoms with van der Waals surface area (Å²) in [5.41, 5.74) is 3.75. The normalized spacial score (nSPS) is 17.5. The summed E-state index contributed by atoms with van der Waals surface area (Å²) in [4.78, 5) is 64.0. The van der Waals surface area contributed by atoms with Gasteiger partial charge in [0.05, 0.1) is 29.0 Å². The highest BCUT2D eigenvalue weighted by Crippen LogP contribution is 2.42. The third kappa shape index (κ3) is 7.61. The summed E-state index contributed by atoms with van der Waals surface area (Å²) in [6.07, 6.45) is -0.851. The molecule has 2 aromatic carbocycles. The lowest BCUT2D eigenvalue weighted by molar-refractivity contribution is -0.175. The summed E-state index contributed by atoms with van der Waals surface area (Å²) in [7, 11) is 6.70. The molecule has 1 atom stereocenters. The predicted molar refractivity (Wildman–Crippen MR) is 217 cm³/mol. The van der Waals surface area contributed by atoms with E-state index in [1.165, 1.54) is 26.5 Å². The summed E-state index contributed by atoms with van der Waals surface area (Å²) >= 11 is 0. The quantitative estimate of drug-likeness (QED) is 0.0688. The number of cyclic esters (lactones) is 1. The number of carbonyl (C=O) groups is 3. The fraction of sp³-hybridized carbons (Fsp3) is 0.425. The molecule has 0 aliphatic carbocycles. The van der Waals surface area contributed by atoms with Gasteiger partial charge in [-0.05, 0) is 74.0 Å². The molecule has 3 aliphatic rings. The van der Waals surface area contributed by atoms with E-state index in [-0.39, 0.29) is 55.2 Å². The molecule has 4 aromatic rings. The van der Waals surface area contributed by atoms with Gasteiger partial charge in [0.2, 0.25) is 5.60 Å². The number of amides is 1. The van der Waals surface area contributed by atoms with Crippen molar-refractivity contribution in [1.82, 2.24) is 14.5 Å². The number of phenolic OH excluding ortho intramolecular Hbond substituents is 1. The standard InChI is InChI=1S/C40H45N5O9S2/c1-5-28-29-21-27(46)11-12-33(29)41-35-30(28)23-45-34(35)22-32-31(36(45)47)24-53-37(48)40(32,6-2)54-39(50)52-18-20-56-55-19-17-51-38(49)43(4)25-7-9-26(10-8-25)44-15-13-42(3)14-16-44/h7-12,21-22,46H,5-6,13-20,23-24H2,1-4H3/t40-/m0/s1. The average molecular weight is 804 g/mol. The number of fused-ring (bicyclic) bond motifs is 5. The Morgan fingerprint density at radius 2 is 1.68 bits per heavy atom. The van der Waals surface area contributed by atoms with Crippen LogP contribution in [0, 0.1) is 0 Å². The number of rotatable bonds is 12. The number of piperazine rings is 1. The number of nitrogens with zero attached hydrogens (tertiary/aromatic N) is 5. The van der Waals surface area contributed by atoms with Crippen LogP contribution in [0.25, 0.3) is 22.3 Å². The maximum atomic E-state index is 13.9. The van der Waals surface area contributed by atoms with Crippen LogP contribution in [-0.4, -0.2) is 103 Å². The Morgan fingerprint density at radius 1 is 0.964 bits per heavy atom. The first kappa shape index (κ1) is 39.3. The van der Waals surface area contributed by atoms with Crippen molar-refractivity contribution in [2.45, 2.75) is 45.4 Å². The monoisotopic (exact) mass is 803 g/mol. The lowest BCUT2D eigenvalue weighted by atomic mass is 9.85. The Labute approximate surface area is 332 Å². The van der Waals surface area contributed by atoms with Gasteiger partial charge in [-0.2, -0.15) is 0 Å². The van der Waals surface area contributed by atoms with Crippen LogP contribution in [0.1, 0.15) is 42.5 Å². The summed E-state index contributed by atoms with van der Waals surface area (Å²) < 4.78 is 23.6. The van der Waals surface area contributed by atoms with Crippen LogP contribution in [0.5, 0.6) is 5.75 Å². The van der Waals surface area contributed by atoms with Crippen LogP contribution in [0.2, 0.25) is 0 Å². The number of likely N-dealkylation sites (N-methyl/N-ethyl adjacent to an activating group) is 1. The van der Waals surface area contributed by atoms with Gasteiger partial charge in [-0.3, -0.25) is 9.69 Å². The molecule has 1 fully saturated rings. The third-order valence-corrected chi connectivity index (χ3v) is 12.9. The largest absolute Gasteiger partial charge is 0.509 e. The molecule has 0 unspecified atom stereocenters. The Kier molecular flexibility index (Phi) is 11.7. The van der Waals surface area contributed by atoms with E-state index in [1.54, 1.807) is 42.8 Å². The van der Waals surface area contributed by atoms with Crippen molar-refractivity contribution in [3.8, 4) is 17.1 Å². The second-order valence-electron chi connectivity index (χ2n) is 13.9. The molecule has 56 heavy (non-hydrogen) atoms. The van der Waals surface area contributed by atoms with Gasteiger partial charge in [-0.15, -0.1) is 0 Å². The molecule has 0 bridgehead atoms. The number of hydrogen-bond acceptors (Lipinski definition) is 14. The van der Waals surface area contributed by atoms with Crippen molar-refractivity contribution in [3.63, 3.8) is 0 Å². The zero-order valence-electron chi connectivity index (χ0n) is 31.9. The zero-order chi connectivity index (χ0) is 39.6. The third-order valence-electron chi connectivity index (χ3n) is 10.6. The number of ether oxygens (including phenoxy) is 4. The van der Waals surface area contributed by atoms with Gasteiger partial charge in [-0.1, -0.05) is 35.4 Å². The maximum Gasteiger partial charge on any atom is 0.509 e. The fourth-order valence-electron chi connectivity index (χ4n) is 7.48. The molecule has 2 aromatic heterocycles. The second kappa shape index (κ2) is 16.7. The van der Waals surface area contributed by atoms with Crippen LogP contribution >= 0.6 is 21.6 Å². The van der Waals surface area contributed by atoms with E-state index in [4.69, 9.17) is 23.9 Å². The van der Waals surface area contributed by atoms with E-state index >= 15 is 0 Å². The molecule has 14 nitrogen and oxygen atoms in total. The molecule has 0 saturated carbocycles. The predicted octanol–water partition coefficient (Wildman–Crippen LogP) is 5.91. The number of esters is 1. The molecule has 0 radical (unpaired) electrons. The Balaban J connectivity index is 0.910. The summed E-state index contributed by atoms with van der Waals surface area (Å²) in [5, 5.41) is 11.0. The summed E-state index contributed by atoms with van der Waals surface area (Å²) in [6, 6.07) is 14.6. The van der Waals surface area contributed by atoms with E-state index < -0.39 is 23.8 Å². The number of benzene rings is 2. The molecule has 296 valence electrons. The minimum Gasteiger partial charge on any atom is -0.508 e. The van der Waals surface area contributed by atoms with Crippen molar-refractivity contribution in [2.75, 3.05) is 74.8 Å². The van der Waals surface area contributed by atoms with Crippen molar-refractivity contribution in [3.05, 3.63) is 81.1 Å². The summed E-state index contributed by atoms with van der Waals surface area (Å²) in [5.74, 6) is 0.281. The fourth-order valence-corrected chi connectivity index (χ4v) is 9.13. The number of anilines is 2. The van der Waals surface area contributed by atoms with Gasteiger partial charge in [0.25, 0.3) is 5.56 Å². The van der Waals surface area contributed by atoms with Gasteiger partial charge >= 0.3 is 18.2 Å². The van der Waals surface area contributed by atoms with Crippen molar-refractivity contribution in [2.24, 2.45) is 0 Å². The lowest BCUT2D eigenvalue weighted by Crippen LogP contribution is -2.47. The van der Waals surface area contributed by atoms with Gasteiger partial charge < -0.3 is 38.4 Å². The molecule has 1 amide bonds. The Hall–Kier alpha value is -4.93. The van der Waals surface area contributed by atoms with Crippen LogP contribution in [0.4, 0.5) is 21.0 Å². The van der Waals surface area contributed by atoms with E-state index in [1.807, 2.05) is 31.2 Å². The molecular weight excluding hydrogens is 759 g/mol. The van der Waals surface area contributed by atoms with E-state index in [0.29, 0.717) is 34.8 Å². The smallest absolute Gasteiger partial charge is 0.508 e. The minimum absolute atomic E-state index is 0.00257. The topological polar surface area (TPSA) is 153 Å². The van der Waals surface area contributed by atoms with Gasteiger partial charge in [0.1, 0.15) is 25.6 Å². The first-order valence-electron chi connectivity index (χ1n) is 18.7. The highest BCUT2D eigenvalue weighted by Gasteiger charge is 2.51.